The number of aryl methyl sites for hydroxylation is 1. The van der Waals surface area contributed by atoms with Crippen LogP contribution in [0.4, 0.5) is 0 Å². The van der Waals surface area contributed by atoms with Gasteiger partial charge in [0, 0.05) is 4.88 Å². The van der Waals surface area contributed by atoms with Crippen molar-refractivity contribution >= 4 is 11.3 Å². The van der Waals surface area contributed by atoms with Gasteiger partial charge in [-0.15, -0.1) is 11.3 Å². The Morgan fingerprint density at radius 3 is 2.69 bits per heavy atom. The first kappa shape index (κ1) is 9.19. The van der Waals surface area contributed by atoms with Crippen molar-refractivity contribution in [2.24, 2.45) is 0 Å². The van der Waals surface area contributed by atoms with Crippen molar-refractivity contribution in [1.29, 1.82) is 0 Å². The van der Waals surface area contributed by atoms with Crippen molar-refractivity contribution in [2.75, 3.05) is 13.1 Å². The fraction of sp³-hybridized carbons (Fsp3) is 0.600. The molecule has 1 saturated heterocycles. The molecule has 0 aliphatic carbocycles. The molecule has 1 aliphatic rings. The van der Waals surface area contributed by atoms with Gasteiger partial charge in [-0.2, -0.15) is 0 Å². The van der Waals surface area contributed by atoms with Gasteiger partial charge in [0.2, 0.25) is 0 Å². The maximum absolute atomic E-state index is 10.3. The smallest absolute Gasteiger partial charge is 0.101 e. The second-order valence-corrected chi connectivity index (χ2v) is 4.68. The maximum atomic E-state index is 10.3. The minimum atomic E-state index is -0.551. The number of hydrogen-bond acceptors (Lipinski definition) is 3. The van der Waals surface area contributed by atoms with E-state index in [0.29, 0.717) is 0 Å². The number of rotatable bonds is 1. The molecule has 1 aliphatic heterocycles. The highest BCUT2D eigenvalue weighted by atomic mass is 32.1. The zero-order valence-corrected chi connectivity index (χ0v) is 8.66. The summed E-state index contributed by atoms with van der Waals surface area (Å²) in [4.78, 5) is 1.13. The lowest BCUT2D eigenvalue weighted by atomic mass is 9.91. The van der Waals surface area contributed by atoms with Gasteiger partial charge in [0.25, 0.3) is 0 Å². The number of piperidine rings is 1. The zero-order valence-electron chi connectivity index (χ0n) is 7.84. The SMILES string of the molecule is Cc1csc(C2(O)CCNCC2)c1. The summed E-state index contributed by atoms with van der Waals surface area (Å²) in [6, 6.07) is 2.11. The summed E-state index contributed by atoms with van der Waals surface area (Å²) >= 11 is 1.68. The number of hydrogen-bond donors (Lipinski definition) is 2. The van der Waals surface area contributed by atoms with E-state index >= 15 is 0 Å². The number of nitrogens with one attached hydrogen (secondary N) is 1. The Labute approximate surface area is 82.6 Å². The lowest BCUT2D eigenvalue weighted by Crippen LogP contribution is -2.39. The molecule has 13 heavy (non-hydrogen) atoms. The lowest BCUT2D eigenvalue weighted by Gasteiger charge is -2.31. The summed E-state index contributed by atoms with van der Waals surface area (Å²) in [7, 11) is 0. The van der Waals surface area contributed by atoms with Crippen LogP contribution in [-0.4, -0.2) is 18.2 Å². The third kappa shape index (κ3) is 1.77. The third-order valence-electron chi connectivity index (χ3n) is 2.62. The van der Waals surface area contributed by atoms with Crippen LogP contribution < -0.4 is 5.32 Å². The number of aliphatic hydroxyl groups is 1. The summed E-state index contributed by atoms with van der Waals surface area (Å²) in [5.41, 5.74) is 0.705. The zero-order chi connectivity index (χ0) is 9.31. The molecule has 0 amide bonds. The molecule has 1 aromatic rings. The van der Waals surface area contributed by atoms with E-state index in [1.807, 2.05) is 0 Å². The van der Waals surface area contributed by atoms with Crippen LogP contribution in [0, 0.1) is 6.92 Å². The summed E-state index contributed by atoms with van der Waals surface area (Å²) < 4.78 is 0. The quantitative estimate of drug-likeness (QED) is 0.717. The van der Waals surface area contributed by atoms with Crippen molar-refractivity contribution in [3.8, 4) is 0 Å². The first-order valence-corrected chi connectivity index (χ1v) is 5.57. The van der Waals surface area contributed by atoms with E-state index in [2.05, 4.69) is 23.7 Å². The Morgan fingerprint density at radius 2 is 2.15 bits per heavy atom. The Hall–Kier alpha value is -0.380. The summed E-state index contributed by atoms with van der Waals surface area (Å²) in [5.74, 6) is 0. The molecule has 0 aromatic carbocycles. The summed E-state index contributed by atoms with van der Waals surface area (Å²) in [5, 5.41) is 15.7. The van der Waals surface area contributed by atoms with Crippen LogP contribution in [0.25, 0.3) is 0 Å². The molecule has 3 heteroatoms. The second-order valence-electron chi connectivity index (χ2n) is 3.77. The van der Waals surface area contributed by atoms with E-state index in [1.54, 1.807) is 11.3 Å². The van der Waals surface area contributed by atoms with Gasteiger partial charge in [-0.25, -0.2) is 0 Å². The fourth-order valence-electron chi connectivity index (χ4n) is 1.76. The van der Waals surface area contributed by atoms with Gasteiger partial charge in [0.15, 0.2) is 0 Å². The fourth-order valence-corrected chi connectivity index (χ4v) is 2.82. The lowest BCUT2D eigenvalue weighted by molar-refractivity contribution is 0.00941. The van der Waals surface area contributed by atoms with Crippen molar-refractivity contribution in [2.45, 2.75) is 25.4 Å². The average Bonchev–Trinajstić information content (AvgIpc) is 2.54. The Balaban J connectivity index is 2.22. The van der Waals surface area contributed by atoms with Crippen LogP contribution >= 0.6 is 11.3 Å². The number of thiophene rings is 1. The van der Waals surface area contributed by atoms with E-state index in [1.165, 1.54) is 5.56 Å². The van der Waals surface area contributed by atoms with Crippen LogP contribution in [0.15, 0.2) is 11.4 Å². The Kier molecular flexibility index (Phi) is 2.41. The van der Waals surface area contributed by atoms with Crippen molar-refractivity contribution in [3.05, 3.63) is 21.9 Å². The third-order valence-corrected chi connectivity index (χ3v) is 3.86. The average molecular weight is 197 g/mol. The highest BCUT2D eigenvalue weighted by Crippen LogP contribution is 2.34. The predicted molar refractivity (Wildman–Crippen MR) is 55.1 cm³/mol. The van der Waals surface area contributed by atoms with E-state index in [4.69, 9.17) is 0 Å². The topological polar surface area (TPSA) is 32.3 Å². The normalized spacial score (nSPS) is 21.7. The summed E-state index contributed by atoms with van der Waals surface area (Å²) in [6.07, 6.45) is 1.68. The first-order valence-electron chi connectivity index (χ1n) is 4.69. The molecule has 0 saturated carbocycles. The van der Waals surface area contributed by atoms with Gasteiger partial charge in [-0.3, -0.25) is 0 Å². The van der Waals surface area contributed by atoms with Crippen molar-refractivity contribution in [1.82, 2.24) is 5.32 Å². The molecular formula is C10H15NOS. The van der Waals surface area contributed by atoms with Crippen LogP contribution in [0.5, 0.6) is 0 Å². The molecule has 72 valence electrons. The molecule has 0 radical (unpaired) electrons. The van der Waals surface area contributed by atoms with Crippen LogP contribution in [0.2, 0.25) is 0 Å². The molecule has 0 unspecified atom stereocenters. The minimum Gasteiger partial charge on any atom is -0.384 e. The largest absolute Gasteiger partial charge is 0.384 e. The minimum absolute atomic E-state index is 0.551. The van der Waals surface area contributed by atoms with Gasteiger partial charge in [-0.1, -0.05) is 0 Å². The van der Waals surface area contributed by atoms with Crippen molar-refractivity contribution in [3.63, 3.8) is 0 Å². The Bertz CT molecular complexity index is 289. The monoisotopic (exact) mass is 197 g/mol. The van der Waals surface area contributed by atoms with Crippen molar-refractivity contribution < 1.29 is 5.11 Å². The molecule has 2 N–H and O–H groups in total. The highest BCUT2D eigenvalue weighted by molar-refractivity contribution is 7.10. The van der Waals surface area contributed by atoms with Gasteiger partial charge in [-0.05, 0) is 49.9 Å². The van der Waals surface area contributed by atoms with E-state index < -0.39 is 5.60 Å². The molecule has 2 heterocycles. The Morgan fingerprint density at radius 1 is 1.46 bits per heavy atom. The van der Waals surface area contributed by atoms with Gasteiger partial charge in [0.05, 0.1) is 0 Å². The van der Waals surface area contributed by atoms with E-state index in [0.717, 1.165) is 30.8 Å². The predicted octanol–water partition coefficient (Wildman–Crippen LogP) is 1.63. The second kappa shape index (κ2) is 3.40. The highest BCUT2D eigenvalue weighted by Gasteiger charge is 2.32. The van der Waals surface area contributed by atoms with Gasteiger partial charge < -0.3 is 10.4 Å². The molecule has 0 atom stereocenters. The van der Waals surface area contributed by atoms with Gasteiger partial charge >= 0.3 is 0 Å². The molecular weight excluding hydrogens is 182 g/mol. The maximum Gasteiger partial charge on any atom is 0.101 e. The standard InChI is InChI=1S/C10H15NOS/c1-8-6-9(13-7-8)10(12)2-4-11-5-3-10/h6-7,11-12H,2-5H2,1H3. The summed E-state index contributed by atoms with van der Waals surface area (Å²) in [6.45, 7) is 3.92. The molecule has 1 fully saturated rings. The molecule has 1 aromatic heterocycles. The van der Waals surface area contributed by atoms with Crippen LogP contribution in [0.3, 0.4) is 0 Å². The first-order chi connectivity index (χ1) is 6.21. The van der Waals surface area contributed by atoms with Crippen LogP contribution in [0.1, 0.15) is 23.3 Å². The van der Waals surface area contributed by atoms with Crippen LogP contribution in [-0.2, 0) is 5.60 Å². The molecule has 2 nitrogen and oxygen atoms in total. The molecule has 2 rings (SSSR count). The van der Waals surface area contributed by atoms with E-state index in [-0.39, 0.29) is 0 Å². The molecule has 0 spiro atoms. The van der Waals surface area contributed by atoms with Gasteiger partial charge in [0.1, 0.15) is 5.60 Å². The van der Waals surface area contributed by atoms with E-state index in [9.17, 15) is 5.11 Å². The molecule has 0 bridgehead atoms.